The molecule has 1 heterocycles. The highest BCUT2D eigenvalue weighted by molar-refractivity contribution is 7.09. The highest BCUT2D eigenvalue weighted by Crippen LogP contribution is 2.15. The zero-order valence-electron chi connectivity index (χ0n) is 14.3. The first-order valence-corrected chi connectivity index (χ1v) is 9.72. The molecule has 1 unspecified atom stereocenters. The molecule has 0 aliphatic rings. The van der Waals surface area contributed by atoms with Gasteiger partial charge in [0.25, 0.3) is 0 Å². The lowest BCUT2D eigenvalue weighted by molar-refractivity contribution is 0.476. The van der Waals surface area contributed by atoms with Crippen LogP contribution < -0.4 is 5.32 Å². The highest BCUT2D eigenvalue weighted by Gasteiger charge is 2.09. The first-order chi connectivity index (χ1) is 10.3. The maximum absolute atomic E-state index is 4.57. The van der Waals surface area contributed by atoms with Crippen LogP contribution in [-0.2, 0) is 6.42 Å². The summed E-state index contributed by atoms with van der Waals surface area (Å²) in [7, 11) is 2.08. The topological polar surface area (TPSA) is 24.9 Å². The second-order valence-corrected chi connectivity index (χ2v) is 7.13. The Bertz CT molecular complexity index is 349. The van der Waals surface area contributed by atoms with Crippen molar-refractivity contribution in [2.24, 2.45) is 0 Å². The molecule has 1 aromatic rings. The van der Waals surface area contributed by atoms with Gasteiger partial charge >= 0.3 is 0 Å². The van der Waals surface area contributed by atoms with E-state index in [1.807, 2.05) is 0 Å². The molecule has 0 radical (unpaired) electrons. The molecule has 21 heavy (non-hydrogen) atoms. The largest absolute Gasteiger partial charge is 0.317 e. The molecule has 0 amide bonds. The van der Waals surface area contributed by atoms with Crippen molar-refractivity contribution in [1.29, 1.82) is 0 Å². The third-order valence-corrected chi connectivity index (χ3v) is 5.14. The summed E-state index contributed by atoms with van der Waals surface area (Å²) in [6.45, 7) is 4.36. The van der Waals surface area contributed by atoms with Crippen LogP contribution in [0.5, 0.6) is 0 Å². The first-order valence-electron chi connectivity index (χ1n) is 8.84. The minimum Gasteiger partial charge on any atom is -0.317 e. The molecule has 1 aromatic heterocycles. The zero-order chi connectivity index (χ0) is 15.3. The van der Waals surface area contributed by atoms with Crippen LogP contribution in [0.2, 0.25) is 0 Å². The van der Waals surface area contributed by atoms with Gasteiger partial charge in [0.1, 0.15) is 0 Å². The molecule has 0 aromatic carbocycles. The van der Waals surface area contributed by atoms with Crippen LogP contribution in [0.15, 0.2) is 5.38 Å². The summed E-state index contributed by atoms with van der Waals surface area (Å²) >= 11 is 1.80. The number of rotatable bonds is 13. The normalized spacial score (nSPS) is 12.7. The minimum absolute atomic E-state index is 0.597. The van der Waals surface area contributed by atoms with E-state index in [2.05, 4.69) is 36.6 Å². The Hall–Kier alpha value is -0.410. The summed E-state index contributed by atoms with van der Waals surface area (Å²) in [5, 5.41) is 6.89. The predicted octanol–water partition coefficient (Wildman–Crippen LogP) is 5.50. The Labute approximate surface area is 135 Å². The van der Waals surface area contributed by atoms with Gasteiger partial charge in [-0.25, -0.2) is 4.98 Å². The third-order valence-electron chi connectivity index (χ3n) is 4.15. The summed E-state index contributed by atoms with van der Waals surface area (Å²) in [6.07, 6.45) is 15.0. The van der Waals surface area contributed by atoms with Gasteiger partial charge in [0.05, 0.1) is 5.01 Å². The van der Waals surface area contributed by atoms with E-state index >= 15 is 0 Å². The molecular weight excluding hydrogens is 276 g/mol. The fourth-order valence-electron chi connectivity index (χ4n) is 2.76. The molecule has 0 saturated heterocycles. The van der Waals surface area contributed by atoms with Crippen molar-refractivity contribution in [2.75, 3.05) is 7.05 Å². The predicted molar refractivity (Wildman–Crippen MR) is 95.2 cm³/mol. The van der Waals surface area contributed by atoms with Crippen LogP contribution in [0.3, 0.4) is 0 Å². The third kappa shape index (κ3) is 9.26. The number of thiazole rings is 1. The monoisotopic (exact) mass is 310 g/mol. The number of nitrogens with zero attached hydrogens (tertiary/aromatic N) is 1. The number of hydrogen-bond acceptors (Lipinski definition) is 3. The van der Waals surface area contributed by atoms with E-state index in [1.165, 1.54) is 69.2 Å². The number of nitrogens with one attached hydrogen (secondary N) is 1. The van der Waals surface area contributed by atoms with Gasteiger partial charge in [0.15, 0.2) is 0 Å². The van der Waals surface area contributed by atoms with Crippen molar-refractivity contribution in [3.8, 4) is 0 Å². The van der Waals surface area contributed by atoms with Crippen molar-refractivity contribution in [1.82, 2.24) is 10.3 Å². The molecule has 1 N–H and O–H groups in total. The summed E-state index contributed by atoms with van der Waals surface area (Å²) in [6, 6.07) is 0.597. The lowest BCUT2D eigenvalue weighted by atomic mass is 10.0. The van der Waals surface area contributed by atoms with Gasteiger partial charge in [0, 0.05) is 23.5 Å². The summed E-state index contributed by atoms with van der Waals surface area (Å²) in [5.74, 6) is 0. The lowest BCUT2D eigenvalue weighted by Crippen LogP contribution is -2.27. The minimum atomic E-state index is 0.597. The molecule has 0 spiro atoms. The Morgan fingerprint density at radius 3 is 2.19 bits per heavy atom. The van der Waals surface area contributed by atoms with Gasteiger partial charge in [0.2, 0.25) is 0 Å². The van der Waals surface area contributed by atoms with Crippen molar-refractivity contribution in [3.05, 3.63) is 16.1 Å². The van der Waals surface area contributed by atoms with E-state index in [4.69, 9.17) is 0 Å². The van der Waals surface area contributed by atoms with Gasteiger partial charge in [-0.05, 0) is 20.4 Å². The van der Waals surface area contributed by atoms with E-state index in [1.54, 1.807) is 11.3 Å². The maximum Gasteiger partial charge on any atom is 0.0943 e. The highest BCUT2D eigenvalue weighted by atomic mass is 32.1. The molecule has 0 fully saturated rings. The van der Waals surface area contributed by atoms with Crippen LogP contribution in [0.25, 0.3) is 0 Å². The number of aromatic nitrogens is 1. The molecule has 122 valence electrons. The van der Waals surface area contributed by atoms with Gasteiger partial charge in [-0.15, -0.1) is 11.3 Å². The first kappa shape index (κ1) is 18.6. The average Bonchev–Trinajstić information content (AvgIpc) is 2.89. The summed E-state index contributed by atoms with van der Waals surface area (Å²) in [5.41, 5.74) is 1.16. The molecule has 0 saturated carbocycles. The van der Waals surface area contributed by atoms with Crippen LogP contribution in [0.1, 0.15) is 81.8 Å². The van der Waals surface area contributed by atoms with Gasteiger partial charge in [-0.3, -0.25) is 0 Å². The van der Waals surface area contributed by atoms with E-state index in [9.17, 15) is 0 Å². The SMILES string of the molecule is CCCCCCCCCCCC(Cc1nc(C)cs1)NC. The maximum atomic E-state index is 4.57. The quantitative estimate of drug-likeness (QED) is 0.486. The van der Waals surface area contributed by atoms with Crippen molar-refractivity contribution >= 4 is 11.3 Å². The molecule has 3 heteroatoms. The van der Waals surface area contributed by atoms with Crippen LogP contribution in [0, 0.1) is 6.92 Å². The van der Waals surface area contributed by atoms with Gasteiger partial charge < -0.3 is 5.32 Å². The van der Waals surface area contributed by atoms with Crippen LogP contribution in [0.4, 0.5) is 0 Å². The molecule has 0 bridgehead atoms. The number of likely N-dealkylation sites (N-methyl/N-ethyl adjacent to an activating group) is 1. The van der Waals surface area contributed by atoms with E-state index < -0.39 is 0 Å². The van der Waals surface area contributed by atoms with Crippen LogP contribution >= 0.6 is 11.3 Å². The molecular formula is C18H34N2S. The smallest absolute Gasteiger partial charge is 0.0943 e. The van der Waals surface area contributed by atoms with Crippen molar-refractivity contribution < 1.29 is 0 Å². The fraction of sp³-hybridized carbons (Fsp3) is 0.833. The van der Waals surface area contributed by atoms with Crippen molar-refractivity contribution in [3.63, 3.8) is 0 Å². The lowest BCUT2D eigenvalue weighted by Gasteiger charge is -2.14. The van der Waals surface area contributed by atoms with E-state index in [0.717, 1.165) is 12.1 Å². The molecule has 1 rings (SSSR count). The van der Waals surface area contributed by atoms with Crippen molar-refractivity contribution in [2.45, 2.75) is 90.5 Å². The van der Waals surface area contributed by atoms with Gasteiger partial charge in [-0.1, -0.05) is 64.7 Å². The zero-order valence-corrected chi connectivity index (χ0v) is 15.1. The molecule has 0 aliphatic heterocycles. The molecule has 0 aliphatic carbocycles. The number of hydrogen-bond donors (Lipinski definition) is 1. The number of aryl methyl sites for hydroxylation is 1. The summed E-state index contributed by atoms with van der Waals surface area (Å²) in [4.78, 5) is 4.57. The Kier molecular flexibility index (Phi) is 10.8. The standard InChI is InChI=1S/C18H34N2S/c1-4-5-6-7-8-9-10-11-12-13-17(19-3)14-18-20-16(2)15-21-18/h15,17,19H,4-14H2,1-3H3. The molecule has 2 nitrogen and oxygen atoms in total. The average molecular weight is 311 g/mol. The summed E-state index contributed by atoms with van der Waals surface area (Å²) < 4.78 is 0. The van der Waals surface area contributed by atoms with E-state index in [-0.39, 0.29) is 0 Å². The number of unbranched alkanes of at least 4 members (excludes halogenated alkanes) is 8. The second kappa shape index (κ2) is 12.2. The Morgan fingerprint density at radius 2 is 1.67 bits per heavy atom. The van der Waals surface area contributed by atoms with Gasteiger partial charge in [-0.2, -0.15) is 0 Å². The fourth-order valence-corrected chi connectivity index (χ4v) is 3.61. The molecule has 1 atom stereocenters. The van der Waals surface area contributed by atoms with E-state index in [0.29, 0.717) is 6.04 Å². The van der Waals surface area contributed by atoms with Crippen LogP contribution in [-0.4, -0.2) is 18.1 Å². The Morgan fingerprint density at radius 1 is 1.05 bits per heavy atom. The second-order valence-electron chi connectivity index (χ2n) is 6.19. The Balaban J connectivity index is 1.99.